The first kappa shape index (κ1) is 15.4. The molecule has 1 N–H and O–H groups in total. The van der Waals surface area contributed by atoms with Gasteiger partial charge in [-0.25, -0.2) is 0 Å². The summed E-state index contributed by atoms with van der Waals surface area (Å²) in [6.45, 7) is 7.74. The molecule has 0 aromatic carbocycles. The minimum absolute atomic E-state index is 0.0133. The average molecular weight is 258 g/mol. The number of rotatable bonds is 9. The van der Waals surface area contributed by atoms with E-state index in [1.807, 2.05) is 4.90 Å². The van der Waals surface area contributed by atoms with Gasteiger partial charge in [-0.05, 0) is 12.8 Å². The molecule has 0 saturated carbocycles. The maximum absolute atomic E-state index is 12.0. The SMILES string of the molecule is COCCOCCCN1CCC(NC(C)C)C1=O. The molecule has 0 aliphatic carbocycles. The van der Waals surface area contributed by atoms with Crippen molar-refractivity contribution in [2.45, 2.75) is 38.8 Å². The molecule has 1 aliphatic heterocycles. The van der Waals surface area contributed by atoms with Gasteiger partial charge in [-0.1, -0.05) is 13.8 Å². The second-order valence-corrected chi connectivity index (χ2v) is 4.95. The second-order valence-electron chi connectivity index (χ2n) is 4.95. The van der Waals surface area contributed by atoms with Crippen LogP contribution in [-0.4, -0.2) is 62.9 Å². The highest BCUT2D eigenvalue weighted by molar-refractivity contribution is 5.83. The van der Waals surface area contributed by atoms with E-state index in [4.69, 9.17) is 9.47 Å². The van der Waals surface area contributed by atoms with Gasteiger partial charge < -0.3 is 19.7 Å². The molecule has 0 bridgehead atoms. The van der Waals surface area contributed by atoms with E-state index >= 15 is 0 Å². The summed E-state index contributed by atoms with van der Waals surface area (Å²) in [5, 5.41) is 3.30. The van der Waals surface area contributed by atoms with Gasteiger partial charge in [0.2, 0.25) is 5.91 Å². The Morgan fingerprint density at radius 1 is 1.39 bits per heavy atom. The van der Waals surface area contributed by atoms with E-state index in [2.05, 4.69) is 19.2 Å². The molecule has 0 aromatic rings. The molecule has 1 atom stereocenters. The van der Waals surface area contributed by atoms with Crippen molar-refractivity contribution in [2.24, 2.45) is 0 Å². The van der Waals surface area contributed by atoms with Gasteiger partial charge in [-0.3, -0.25) is 4.79 Å². The van der Waals surface area contributed by atoms with Crippen LogP contribution in [0.5, 0.6) is 0 Å². The van der Waals surface area contributed by atoms with Crippen LogP contribution in [0.1, 0.15) is 26.7 Å². The number of ether oxygens (including phenoxy) is 2. The number of methoxy groups -OCH3 is 1. The number of hydrogen-bond donors (Lipinski definition) is 1. The second kappa shape index (κ2) is 8.45. The zero-order chi connectivity index (χ0) is 13.4. The lowest BCUT2D eigenvalue weighted by molar-refractivity contribution is -0.129. The van der Waals surface area contributed by atoms with Crippen LogP contribution in [0.4, 0.5) is 0 Å². The van der Waals surface area contributed by atoms with Gasteiger partial charge >= 0.3 is 0 Å². The third-order valence-electron chi connectivity index (χ3n) is 2.98. The monoisotopic (exact) mass is 258 g/mol. The van der Waals surface area contributed by atoms with Crippen LogP contribution in [0.25, 0.3) is 0 Å². The Labute approximate surface area is 110 Å². The minimum atomic E-state index is 0.0133. The molecular weight excluding hydrogens is 232 g/mol. The number of carbonyl (C=O) groups is 1. The molecule has 5 heteroatoms. The quantitative estimate of drug-likeness (QED) is 0.617. The van der Waals surface area contributed by atoms with Crippen molar-refractivity contribution in [1.82, 2.24) is 10.2 Å². The van der Waals surface area contributed by atoms with Crippen LogP contribution in [0, 0.1) is 0 Å². The molecule has 1 unspecified atom stereocenters. The summed E-state index contributed by atoms with van der Waals surface area (Å²) in [6, 6.07) is 0.371. The summed E-state index contributed by atoms with van der Waals surface area (Å²) in [5.74, 6) is 0.237. The summed E-state index contributed by atoms with van der Waals surface area (Å²) in [4.78, 5) is 13.9. The van der Waals surface area contributed by atoms with Crippen molar-refractivity contribution in [1.29, 1.82) is 0 Å². The maximum Gasteiger partial charge on any atom is 0.239 e. The van der Waals surface area contributed by atoms with Crippen molar-refractivity contribution < 1.29 is 14.3 Å². The number of nitrogens with one attached hydrogen (secondary N) is 1. The Morgan fingerprint density at radius 2 is 2.17 bits per heavy atom. The molecule has 106 valence electrons. The molecular formula is C13H26N2O3. The molecule has 1 fully saturated rings. The summed E-state index contributed by atoms with van der Waals surface area (Å²) in [6.07, 6.45) is 1.81. The van der Waals surface area contributed by atoms with E-state index in [-0.39, 0.29) is 11.9 Å². The Bertz CT molecular complexity index is 246. The molecule has 1 heterocycles. The molecule has 5 nitrogen and oxygen atoms in total. The molecule has 18 heavy (non-hydrogen) atoms. The number of hydrogen-bond acceptors (Lipinski definition) is 4. The first-order valence-corrected chi connectivity index (χ1v) is 6.76. The Balaban J connectivity index is 2.11. The largest absolute Gasteiger partial charge is 0.382 e. The predicted octanol–water partition coefficient (Wildman–Crippen LogP) is 0.638. The first-order chi connectivity index (χ1) is 8.65. The molecule has 1 saturated heterocycles. The summed E-state index contributed by atoms with van der Waals surface area (Å²) in [7, 11) is 1.66. The third kappa shape index (κ3) is 5.33. The fourth-order valence-corrected chi connectivity index (χ4v) is 2.12. The fraction of sp³-hybridized carbons (Fsp3) is 0.923. The Kier molecular flexibility index (Phi) is 7.23. The lowest BCUT2D eigenvalue weighted by Gasteiger charge is -2.18. The lowest BCUT2D eigenvalue weighted by atomic mass is 10.2. The van der Waals surface area contributed by atoms with E-state index < -0.39 is 0 Å². The van der Waals surface area contributed by atoms with Gasteiger partial charge in [-0.2, -0.15) is 0 Å². The summed E-state index contributed by atoms with van der Waals surface area (Å²) < 4.78 is 10.3. The third-order valence-corrected chi connectivity index (χ3v) is 2.98. The molecule has 1 rings (SSSR count). The number of nitrogens with zero attached hydrogens (tertiary/aromatic N) is 1. The van der Waals surface area contributed by atoms with Crippen molar-refractivity contribution in [3.63, 3.8) is 0 Å². The molecule has 0 aromatic heterocycles. The van der Waals surface area contributed by atoms with Crippen molar-refractivity contribution in [2.75, 3.05) is 40.0 Å². The van der Waals surface area contributed by atoms with Crippen LogP contribution in [-0.2, 0) is 14.3 Å². The Hall–Kier alpha value is -0.650. The topological polar surface area (TPSA) is 50.8 Å². The van der Waals surface area contributed by atoms with Gasteiger partial charge in [0, 0.05) is 32.8 Å². The maximum atomic E-state index is 12.0. The first-order valence-electron chi connectivity index (χ1n) is 6.76. The van der Waals surface area contributed by atoms with Gasteiger partial charge in [0.15, 0.2) is 0 Å². The van der Waals surface area contributed by atoms with Crippen molar-refractivity contribution in [3.05, 3.63) is 0 Å². The predicted molar refractivity (Wildman–Crippen MR) is 70.6 cm³/mol. The average Bonchev–Trinajstić information content (AvgIpc) is 2.65. The van der Waals surface area contributed by atoms with Gasteiger partial charge in [0.05, 0.1) is 19.3 Å². The van der Waals surface area contributed by atoms with E-state index in [0.29, 0.717) is 25.9 Å². The van der Waals surface area contributed by atoms with Crippen LogP contribution in [0.3, 0.4) is 0 Å². The van der Waals surface area contributed by atoms with E-state index in [1.54, 1.807) is 7.11 Å². The van der Waals surface area contributed by atoms with Crippen LogP contribution in [0.2, 0.25) is 0 Å². The number of amides is 1. The van der Waals surface area contributed by atoms with Gasteiger partial charge in [-0.15, -0.1) is 0 Å². The molecule has 0 spiro atoms. The summed E-state index contributed by atoms with van der Waals surface area (Å²) in [5.41, 5.74) is 0. The van der Waals surface area contributed by atoms with Gasteiger partial charge in [0.25, 0.3) is 0 Å². The lowest BCUT2D eigenvalue weighted by Crippen LogP contribution is -2.41. The highest BCUT2D eigenvalue weighted by Crippen LogP contribution is 2.12. The van der Waals surface area contributed by atoms with Gasteiger partial charge in [0.1, 0.15) is 0 Å². The van der Waals surface area contributed by atoms with Crippen molar-refractivity contribution >= 4 is 5.91 Å². The van der Waals surface area contributed by atoms with E-state index in [1.165, 1.54) is 0 Å². The Morgan fingerprint density at radius 3 is 2.83 bits per heavy atom. The number of carbonyl (C=O) groups excluding carboxylic acids is 1. The van der Waals surface area contributed by atoms with Crippen LogP contribution < -0.4 is 5.32 Å². The normalized spacial score (nSPS) is 20.1. The number of likely N-dealkylation sites (tertiary alicyclic amines) is 1. The van der Waals surface area contributed by atoms with E-state index in [9.17, 15) is 4.79 Å². The minimum Gasteiger partial charge on any atom is -0.382 e. The summed E-state index contributed by atoms with van der Waals surface area (Å²) >= 11 is 0. The molecule has 0 radical (unpaired) electrons. The zero-order valence-corrected chi connectivity index (χ0v) is 11.8. The zero-order valence-electron chi connectivity index (χ0n) is 11.8. The standard InChI is InChI=1S/C13H26N2O3/c1-11(2)14-12-5-7-15(13(12)16)6-4-8-18-10-9-17-3/h11-12,14H,4-10H2,1-3H3. The van der Waals surface area contributed by atoms with Crippen molar-refractivity contribution in [3.8, 4) is 0 Å². The fourth-order valence-electron chi connectivity index (χ4n) is 2.12. The van der Waals surface area contributed by atoms with Crippen LogP contribution >= 0.6 is 0 Å². The van der Waals surface area contributed by atoms with Crippen LogP contribution in [0.15, 0.2) is 0 Å². The highest BCUT2D eigenvalue weighted by Gasteiger charge is 2.30. The van der Waals surface area contributed by atoms with E-state index in [0.717, 1.165) is 25.9 Å². The smallest absolute Gasteiger partial charge is 0.239 e. The highest BCUT2D eigenvalue weighted by atomic mass is 16.5. The molecule has 1 amide bonds. The molecule has 1 aliphatic rings.